The van der Waals surface area contributed by atoms with Crippen molar-refractivity contribution in [2.75, 3.05) is 6.61 Å². The van der Waals surface area contributed by atoms with Gasteiger partial charge in [0.2, 0.25) is 0 Å². The molecule has 2 atom stereocenters. The molecule has 3 heteroatoms. The number of fused-ring (bicyclic) bond motifs is 1. The third-order valence-electron chi connectivity index (χ3n) is 3.55. The molecular weight excluding hydrogens is 226 g/mol. The van der Waals surface area contributed by atoms with E-state index in [1.807, 2.05) is 6.07 Å². The van der Waals surface area contributed by atoms with E-state index in [1.165, 1.54) is 11.1 Å². The first kappa shape index (κ1) is 13.4. The Bertz CT molecular complexity index is 429. The van der Waals surface area contributed by atoms with E-state index in [0.717, 1.165) is 12.0 Å². The van der Waals surface area contributed by atoms with Crippen LogP contribution in [0.25, 0.3) is 0 Å². The normalized spacial score (nSPS) is 22.5. The Kier molecular flexibility index (Phi) is 3.93. The fourth-order valence-corrected chi connectivity index (χ4v) is 2.77. The average molecular weight is 249 g/mol. The Morgan fingerprint density at radius 1 is 1.39 bits per heavy atom. The van der Waals surface area contributed by atoms with Crippen LogP contribution in [-0.2, 0) is 4.84 Å². The number of rotatable bonds is 4. The lowest BCUT2D eigenvalue weighted by atomic mass is 9.97. The summed E-state index contributed by atoms with van der Waals surface area (Å²) in [5.74, 6) is 1.35. The Morgan fingerprint density at radius 2 is 2.11 bits per heavy atom. The Labute approximate surface area is 109 Å². The van der Waals surface area contributed by atoms with E-state index in [-0.39, 0.29) is 6.04 Å². The third-order valence-corrected chi connectivity index (χ3v) is 3.55. The maximum absolute atomic E-state index is 10.1. The van der Waals surface area contributed by atoms with Crippen molar-refractivity contribution in [1.82, 2.24) is 5.48 Å². The number of aromatic hydroxyl groups is 1. The second-order valence-electron chi connectivity index (χ2n) is 5.74. The van der Waals surface area contributed by atoms with Crippen molar-refractivity contribution in [2.45, 2.75) is 46.1 Å². The van der Waals surface area contributed by atoms with Crippen LogP contribution >= 0.6 is 0 Å². The van der Waals surface area contributed by atoms with Crippen LogP contribution in [0.15, 0.2) is 12.1 Å². The van der Waals surface area contributed by atoms with E-state index in [0.29, 0.717) is 24.2 Å². The van der Waals surface area contributed by atoms with Gasteiger partial charge in [0.1, 0.15) is 5.75 Å². The van der Waals surface area contributed by atoms with Gasteiger partial charge in [0.25, 0.3) is 0 Å². The van der Waals surface area contributed by atoms with E-state index in [9.17, 15) is 5.11 Å². The number of hydroxylamine groups is 1. The Balaban J connectivity index is 2.16. The van der Waals surface area contributed by atoms with Crippen LogP contribution in [0, 0.1) is 12.8 Å². The van der Waals surface area contributed by atoms with E-state index < -0.39 is 0 Å². The molecule has 0 aromatic heterocycles. The molecule has 2 N–H and O–H groups in total. The molecule has 1 aliphatic carbocycles. The van der Waals surface area contributed by atoms with Gasteiger partial charge in [-0.25, -0.2) is 0 Å². The van der Waals surface area contributed by atoms with E-state index in [4.69, 9.17) is 4.84 Å². The van der Waals surface area contributed by atoms with Crippen LogP contribution in [0.5, 0.6) is 5.75 Å². The van der Waals surface area contributed by atoms with Gasteiger partial charge in [0.15, 0.2) is 0 Å². The fraction of sp³-hybridized carbons (Fsp3) is 0.600. The second-order valence-corrected chi connectivity index (χ2v) is 5.74. The predicted octanol–water partition coefficient (Wildman–Crippen LogP) is 3.43. The summed E-state index contributed by atoms with van der Waals surface area (Å²) in [6.45, 7) is 9.23. The first-order valence-electron chi connectivity index (χ1n) is 6.70. The van der Waals surface area contributed by atoms with Crippen molar-refractivity contribution in [3.63, 3.8) is 0 Å². The largest absolute Gasteiger partial charge is 0.508 e. The minimum atomic E-state index is 0.105. The van der Waals surface area contributed by atoms with Gasteiger partial charge in [-0.3, -0.25) is 0 Å². The molecule has 0 radical (unpaired) electrons. The van der Waals surface area contributed by atoms with Crippen molar-refractivity contribution >= 4 is 0 Å². The number of benzene rings is 1. The number of nitrogens with one attached hydrogen (secondary N) is 1. The molecule has 0 bridgehead atoms. The van der Waals surface area contributed by atoms with Crippen LogP contribution < -0.4 is 5.48 Å². The zero-order valence-corrected chi connectivity index (χ0v) is 11.7. The third kappa shape index (κ3) is 2.52. The standard InChI is InChI=1S/C15H23NO2/c1-9(2)8-18-16-12-7-11(4)14-10(3)5-6-13(17)15(12)14/h5-6,9,11-12,16-17H,7-8H2,1-4H3. The zero-order chi connectivity index (χ0) is 13.3. The summed E-state index contributed by atoms with van der Waals surface area (Å²) >= 11 is 0. The first-order chi connectivity index (χ1) is 8.50. The molecule has 1 aromatic rings. The molecule has 0 aliphatic heterocycles. The highest BCUT2D eigenvalue weighted by Crippen LogP contribution is 2.45. The van der Waals surface area contributed by atoms with Crippen molar-refractivity contribution in [1.29, 1.82) is 0 Å². The van der Waals surface area contributed by atoms with Crippen LogP contribution in [0.1, 0.15) is 55.8 Å². The van der Waals surface area contributed by atoms with Crippen LogP contribution in [-0.4, -0.2) is 11.7 Å². The summed E-state index contributed by atoms with van der Waals surface area (Å²) in [4.78, 5) is 5.52. The molecule has 0 amide bonds. The summed E-state index contributed by atoms with van der Waals surface area (Å²) in [5.41, 5.74) is 6.66. The van der Waals surface area contributed by atoms with Crippen molar-refractivity contribution in [3.8, 4) is 5.75 Å². The predicted molar refractivity (Wildman–Crippen MR) is 72.5 cm³/mol. The molecule has 2 rings (SSSR count). The molecule has 0 heterocycles. The van der Waals surface area contributed by atoms with Gasteiger partial charge in [-0.05, 0) is 42.4 Å². The van der Waals surface area contributed by atoms with Crippen molar-refractivity contribution < 1.29 is 9.94 Å². The topological polar surface area (TPSA) is 41.5 Å². The van der Waals surface area contributed by atoms with E-state index >= 15 is 0 Å². The molecule has 0 spiro atoms. The summed E-state index contributed by atoms with van der Waals surface area (Å²) in [6.07, 6.45) is 0.978. The number of hydrogen-bond donors (Lipinski definition) is 2. The lowest BCUT2D eigenvalue weighted by Gasteiger charge is -2.16. The van der Waals surface area contributed by atoms with E-state index in [2.05, 4.69) is 33.2 Å². The van der Waals surface area contributed by atoms with Crippen molar-refractivity contribution in [3.05, 3.63) is 28.8 Å². The minimum Gasteiger partial charge on any atom is -0.508 e. The molecule has 1 aliphatic rings. The molecule has 18 heavy (non-hydrogen) atoms. The smallest absolute Gasteiger partial charge is 0.120 e. The maximum atomic E-state index is 10.1. The lowest BCUT2D eigenvalue weighted by molar-refractivity contribution is -0.000508. The quantitative estimate of drug-likeness (QED) is 0.803. The molecule has 0 saturated heterocycles. The zero-order valence-electron chi connectivity index (χ0n) is 11.7. The first-order valence-corrected chi connectivity index (χ1v) is 6.70. The summed E-state index contributed by atoms with van der Waals surface area (Å²) in [5, 5.41) is 10.1. The Hall–Kier alpha value is -1.06. The highest BCUT2D eigenvalue weighted by atomic mass is 16.6. The highest BCUT2D eigenvalue weighted by Gasteiger charge is 2.32. The lowest BCUT2D eigenvalue weighted by Crippen LogP contribution is -2.22. The average Bonchev–Trinajstić information content (AvgIpc) is 2.62. The van der Waals surface area contributed by atoms with Gasteiger partial charge in [-0.15, -0.1) is 0 Å². The molecule has 0 saturated carbocycles. The molecular formula is C15H23NO2. The molecule has 0 fully saturated rings. The summed E-state index contributed by atoms with van der Waals surface area (Å²) in [6, 6.07) is 3.87. The van der Waals surface area contributed by atoms with Crippen LogP contribution in [0.4, 0.5) is 0 Å². The fourth-order valence-electron chi connectivity index (χ4n) is 2.77. The monoisotopic (exact) mass is 249 g/mol. The summed E-state index contributed by atoms with van der Waals surface area (Å²) in [7, 11) is 0. The molecule has 100 valence electrons. The second kappa shape index (κ2) is 5.29. The van der Waals surface area contributed by atoms with Gasteiger partial charge in [0.05, 0.1) is 12.6 Å². The van der Waals surface area contributed by atoms with E-state index in [1.54, 1.807) is 6.07 Å². The van der Waals surface area contributed by atoms with Gasteiger partial charge >= 0.3 is 0 Å². The van der Waals surface area contributed by atoms with Crippen molar-refractivity contribution in [2.24, 2.45) is 5.92 Å². The van der Waals surface area contributed by atoms with Crippen LogP contribution in [0.2, 0.25) is 0 Å². The molecule has 1 aromatic carbocycles. The number of phenols is 1. The summed E-state index contributed by atoms with van der Waals surface area (Å²) < 4.78 is 0. The number of aryl methyl sites for hydroxylation is 1. The van der Waals surface area contributed by atoms with Gasteiger partial charge in [-0.2, -0.15) is 5.48 Å². The minimum absolute atomic E-state index is 0.105. The molecule has 3 nitrogen and oxygen atoms in total. The molecule has 2 unspecified atom stereocenters. The maximum Gasteiger partial charge on any atom is 0.120 e. The number of hydrogen-bond acceptors (Lipinski definition) is 3. The number of phenolic OH excluding ortho intramolecular Hbond substituents is 1. The highest BCUT2D eigenvalue weighted by molar-refractivity contribution is 5.50. The van der Waals surface area contributed by atoms with Crippen LogP contribution in [0.3, 0.4) is 0 Å². The Morgan fingerprint density at radius 3 is 2.78 bits per heavy atom. The SMILES string of the molecule is Cc1ccc(O)c2c1C(C)CC2NOCC(C)C. The van der Waals surface area contributed by atoms with Gasteiger partial charge in [-0.1, -0.05) is 26.8 Å². The van der Waals surface area contributed by atoms with Gasteiger partial charge in [0, 0.05) is 5.56 Å². The van der Waals surface area contributed by atoms with Gasteiger partial charge < -0.3 is 9.94 Å².